The minimum atomic E-state index is -0.654. The van der Waals surface area contributed by atoms with E-state index >= 15 is 0 Å². The molecule has 0 saturated heterocycles. The largest absolute Gasteiger partial charge is 0.481 e. The van der Waals surface area contributed by atoms with Crippen molar-refractivity contribution < 1.29 is 9.90 Å². The van der Waals surface area contributed by atoms with E-state index in [4.69, 9.17) is 5.11 Å². The first-order chi connectivity index (χ1) is 9.27. The van der Waals surface area contributed by atoms with Crippen LogP contribution in [0.2, 0.25) is 0 Å². The molecule has 0 heterocycles. The predicted octanol–water partition coefficient (Wildman–Crippen LogP) is 5.56. The van der Waals surface area contributed by atoms with Gasteiger partial charge >= 0.3 is 5.97 Å². The molecule has 0 aromatic heterocycles. The first-order valence-corrected chi connectivity index (χ1v) is 8.49. The van der Waals surface area contributed by atoms with Crippen molar-refractivity contribution in [2.24, 2.45) is 0 Å². The van der Waals surface area contributed by atoms with Gasteiger partial charge in [-0.1, -0.05) is 90.4 Å². The summed E-state index contributed by atoms with van der Waals surface area (Å²) in [5, 5.41) is 8.50. The molecule has 2 nitrogen and oxygen atoms in total. The van der Waals surface area contributed by atoms with Gasteiger partial charge in [-0.05, 0) is 6.42 Å². The average molecular weight is 310 g/mol. The maximum absolute atomic E-state index is 10.3. The molecule has 115 valence electrons. The normalized spacial score (nSPS) is 10.2. The van der Waals surface area contributed by atoms with Crippen molar-refractivity contribution >= 4 is 57.4 Å². The second-order valence-electron chi connectivity index (χ2n) is 5.74. The third-order valence-corrected chi connectivity index (χ3v) is 3.74. The van der Waals surface area contributed by atoms with Crippen LogP contribution < -0.4 is 0 Å². The summed E-state index contributed by atoms with van der Waals surface area (Å²) < 4.78 is 0. The van der Waals surface area contributed by atoms with Gasteiger partial charge in [0.05, 0.1) is 0 Å². The zero-order chi connectivity index (χ0) is 14.2. The second-order valence-corrected chi connectivity index (χ2v) is 5.74. The maximum Gasteiger partial charge on any atom is 0.303 e. The molecular weight excluding hydrogens is 275 g/mol. The summed E-state index contributed by atoms with van der Waals surface area (Å²) in [5.74, 6) is -0.654. The van der Waals surface area contributed by atoms with Crippen LogP contribution >= 0.6 is 0 Å². The minimum Gasteiger partial charge on any atom is -0.481 e. The van der Waals surface area contributed by atoms with E-state index in [1.807, 2.05) is 0 Å². The quantitative estimate of drug-likeness (QED) is 0.317. The fourth-order valence-electron chi connectivity index (χ4n) is 2.47. The number of hydrogen-bond donors (Lipinski definition) is 1. The summed E-state index contributed by atoms with van der Waals surface area (Å²) in [4.78, 5) is 10.3. The molecule has 20 heavy (non-hydrogen) atoms. The molecule has 0 atom stereocenters. The molecule has 0 aliphatic carbocycles. The Morgan fingerprint density at radius 1 is 0.650 bits per heavy atom. The van der Waals surface area contributed by atoms with Crippen LogP contribution in [0.25, 0.3) is 0 Å². The van der Waals surface area contributed by atoms with Gasteiger partial charge < -0.3 is 5.11 Å². The number of carboxylic acid groups (broad SMARTS) is 1. The van der Waals surface area contributed by atoms with Gasteiger partial charge in [0.1, 0.15) is 0 Å². The van der Waals surface area contributed by atoms with E-state index in [0.717, 1.165) is 12.8 Å². The van der Waals surface area contributed by atoms with Crippen LogP contribution in [0, 0.1) is 0 Å². The van der Waals surface area contributed by atoms with Gasteiger partial charge in [-0.2, -0.15) is 0 Å². The monoisotopic (exact) mass is 309 g/mol. The smallest absolute Gasteiger partial charge is 0.303 e. The molecule has 1 radical (unpaired) electrons. The zero-order valence-corrected chi connectivity index (χ0v) is 17.1. The van der Waals surface area contributed by atoms with Gasteiger partial charge in [-0.3, -0.25) is 4.79 Å². The van der Waals surface area contributed by atoms with Crippen LogP contribution in [-0.4, -0.2) is 62.5 Å². The second kappa shape index (κ2) is 20.1. The Morgan fingerprint density at radius 3 is 1.25 bits per heavy atom. The number of unbranched alkanes of at least 4 members (excludes halogenated alkanes) is 13. The van der Waals surface area contributed by atoms with Crippen molar-refractivity contribution in [1.29, 1.82) is 0 Å². The Hall–Kier alpha value is 1.11. The number of hydrogen-bond acceptors (Lipinski definition) is 1. The third kappa shape index (κ3) is 21.4. The van der Waals surface area contributed by atoms with Crippen LogP contribution in [0.1, 0.15) is 103 Å². The summed E-state index contributed by atoms with van der Waals surface area (Å²) in [6.07, 6.45) is 18.7. The van der Waals surface area contributed by atoms with Crippen molar-refractivity contribution in [3.8, 4) is 0 Å². The van der Waals surface area contributed by atoms with Crippen LogP contribution in [-0.2, 0) is 4.79 Å². The first kappa shape index (κ1) is 23.4. The van der Waals surface area contributed by atoms with Gasteiger partial charge in [0.2, 0.25) is 0 Å². The number of rotatable bonds is 15. The van der Waals surface area contributed by atoms with Gasteiger partial charge in [0, 0.05) is 57.8 Å². The molecule has 0 amide bonds. The molecule has 0 rings (SSSR count). The predicted molar refractivity (Wildman–Crippen MR) is 88.3 cm³/mol. The summed E-state index contributed by atoms with van der Waals surface area (Å²) in [5.41, 5.74) is 0. The topological polar surface area (TPSA) is 37.3 Å². The van der Waals surface area contributed by atoms with E-state index < -0.39 is 5.97 Å². The Balaban J connectivity index is 0. The molecule has 0 fully saturated rings. The van der Waals surface area contributed by atoms with Gasteiger partial charge in [-0.15, -0.1) is 0 Å². The van der Waals surface area contributed by atoms with E-state index in [1.54, 1.807) is 0 Å². The van der Waals surface area contributed by atoms with E-state index in [0.29, 0.717) is 6.42 Å². The van der Waals surface area contributed by atoms with E-state index in [2.05, 4.69) is 6.92 Å². The maximum atomic E-state index is 10.3. The zero-order valence-electron chi connectivity index (χ0n) is 14.0. The van der Waals surface area contributed by atoms with Crippen molar-refractivity contribution in [3.63, 3.8) is 0 Å². The van der Waals surface area contributed by atoms with E-state index in [1.165, 1.54) is 77.0 Å². The fraction of sp³-hybridized carbons (Fsp3) is 0.941. The Bertz CT molecular complexity index is 195. The fourth-order valence-corrected chi connectivity index (χ4v) is 2.47. The molecule has 3 heteroatoms. The minimum absolute atomic E-state index is 0. The van der Waals surface area contributed by atoms with Crippen LogP contribution in [0.5, 0.6) is 0 Å². The number of aliphatic carboxylic acids is 1. The average Bonchev–Trinajstić information content (AvgIpc) is 2.39. The third-order valence-electron chi connectivity index (χ3n) is 3.74. The summed E-state index contributed by atoms with van der Waals surface area (Å²) in [7, 11) is 0. The Kier molecular flexibility index (Phi) is 23.5. The summed E-state index contributed by atoms with van der Waals surface area (Å²) >= 11 is 0. The Labute approximate surface area is 168 Å². The van der Waals surface area contributed by atoms with Gasteiger partial charge in [-0.25, -0.2) is 0 Å². The molecular formula is C17H34KO2. The molecule has 0 aromatic carbocycles. The molecule has 0 aromatic rings. The van der Waals surface area contributed by atoms with Crippen LogP contribution in [0.4, 0.5) is 0 Å². The molecule has 0 aliphatic heterocycles. The molecule has 0 bridgehead atoms. The molecule has 1 N–H and O–H groups in total. The standard InChI is InChI=1S/C17H34O2.K/c1-2-3-4-5-6-7-8-9-10-11-12-13-14-15-16-17(18)19;/h2-16H2,1H3,(H,18,19);. The van der Waals surface area contributed by atoms with Gasteiger partial charge in [0.25, 0.3) is 0 Å². The van der Waals surface area contributed by atoms with E-state index in [9.17, 15) is 4.79 Å². The molecule has 0 unspecified atom stereocenters. The number of carboxylic acids is 1. The van der Waals surface area contributed by atoms with Crippen molar-refractivity contribution in [3.05, 3.63) is 0 Å². The van der Waals surface area contributed by atoms with Crippen molar-refractivity contribution in [1.82, 2.24) is 0 Å². The van der Waals surface area contributed by atoms with Crippen LogP contribution in [0.15, 0.2) is 0 Å². The first-order valence-electron chi connectivity index (χ1n) is 8.49. The van der Waals surface area contributed by atoms with Gasteiger partial charge in [0.15, 0.2) is 0 Å². The number of carbonyl (C=O) groups is 1. The molecule has 0 spiro atoms. The van der Waals surface area contributed by atoms with Crippen LogP contribution in [0.3, 0.4) is 0 Å². The Morgan fingerprint density at radius 2 is 0.950 bits per heavy atom. The molecule has 0 saturated carbocycles. The van der Waals surface area contributed by atoms with E-state index in [-0.39, 0.29) is 51.4 Å². The summed E-state index contributed by atoms with van der Waals surface area (Å²) in [6.45, 7) is 2.27. The SMILES string of the molecule is CCCCCCCCCCCCCCCCC(=O)O.[K]. The van der Waals surface area contributed by atoms with Crippen molar-refractivity contribution in [2.45, 2.75) is 103 Å². The van der Waals surface area contributed by atoms with Crippen molar-refractivity contribution in [2.75, 3.05) is 0 Å². The summed E-state index contributed by atoms with van der Waals surface area (Å²) in [6, 6.07) is 0. The molecule has 0 aliphatic rings.